The molecule has 2 fully saturated rings. The summed E-state index contributed by atoms with van der Waals surface area (Å²) in [4.78, 5) is 2.66. The highest BCUT2D eigenvalue weighted by atomic mass is 16.3. The van der Waals surface area contributed by atoms with Gasteiger partial charge in [-0.1, -0.05) is 33.6 Å². The molecule has 3 nitrogen and oxygen atoms in total. The summed E-state index contributed by atoms with van der Waals surface area (Å²) in [5.41, 5.74) is -0.0523. The van der Waals surface area contributed by atoms with Crippen molar-refractivity contribution in [2.75, 3.05) is 13.7 Å². The number of hydrogen-bond acceptors (Lipinski definition) is 3. The van der Waals surface area contributed by atoms with E-state index in [9.17, 15) is 5.11 Å². The maximum Gasteiger partial charge on any atom is 0.0613 e. The van der Waals surface area contributed by atoms with Gasteiger partial charge in [-0.2, -0.15) is 0 Å². The highest BCUT2D eigenvalue weighted by molar-refractivity contribution is 4.98. The molecule has 0 aromatic heterocycles. The molecule has 0 aliphatic heterocycles. The molecule has 0 radical (unpaired) electrons. The first-order chi connectivity index (χ1) is 9.97. The van der Waals surface area contributed by atoms with Gasteiger partial charge in [0.15, 0.2) is 0 Å². The van der Waals surface area contributed by atoms with Crippen molar-refractivity contribution in [1.29, 1.82) is 0 Å². The molecule has 2 aliphatic carbocycles. The summed E-state index contributed by atoms with van der Waals surface area (Å²) < 4.78 is 0. The third kappa shape index (κ3) is 4.20. The van der Waals surface area contributed by atoms with Gasteiger partial charge in [-0.3, -0.25) is 0 Å². The Morgan fingerprint density at radius 2 is 1.90 bits per heavy atom. The average Bonchev–Trinajstić information content (AvgIpc) is 2.46. The molecular formula is C18H36N2O. The summed E-state index contributed by atoms with van der Waals surface area (Å²) in [6.45, 7) is 7.08. The Balaban J connectivity index is 2.01. The predicted octanol–water partition coefficient (Wildman–Crippen LogP) is 3.17. The number of aliphatic hydroxyl groups excluding tert-OH is 1. The molecule has 4 unspecified atom stereocenters. The van der Waals surface area contributed by atoms with E-state index in [0.29, 0.717) is 12.1 Å². The molecule has 0 aromatic rings. The Kier molecular flexibility index (Phi) is 6.10. The first kappa shape index (κ1) is 17.2. The van der Waals surface area contributed by atoms with E-state index in [4.69, 9.17) is 0 Å². The van der Waals surface area contributed by atoms with Crippen LogP contribution in [-0.4, -0.2) is 47.3 Å². The van der Waals surface area contributed by atoms with Crippen molar-refractivity contribution < 1.29 is 5.11 Å². The molecule has 2 saturated carbocycles. The molecule has 21 heavy (non-hydrogen) atoms. The van der Waals surface area contributed by atoms with E-state index in [2.05, 4.69) is 38.0 Å². The molecule has 4 atom stereocenters. The van der Waals surface area contributed by atoms with E-state index in [1.165, 1.54) is 38.5 Å². The van der Waals surface area contributed by atoms with Crippen molar-refractivity contribution in [3.8, 4) is 0 Å². The fourth-order valence-corrected chi connectivity index (χ4v) is 4.78. The van der Waals surface area contributed by atoms with E-state index >= 15 is 0 Å². The van der Waals surface area contributed by atoms with Gasteiger partial charge < -0.3 is 15.3 Å². The van der Waals surface area contributed by atoms with Gasteiger partial charge in [0, 0.05) is 23.7 Å². The van der Waals surface area contributed by atoms with Crippen LogP contribution in [0.25, 0.3) is 0 Å². The predicted molar refractivity (Wildman–Crippen MR) is 89.5 cm³/mol. The van der Waals surface area contributed by atoms with Crippen molar-refractivity contribution in [3.05, 3.63) is 0 Å². The molecule has 0 amide bonds. The second kappa shape index (κ2) is 7.43. The fraction of sp³-hybridized carbons (Fsp3) is 1.00. The van der Waals surface area contributed by atoms with Crippen LogP contribution in [0.4, 0.5) is 0 Å². The molecule has 0 saturated heterocycles. The van der Waals surface area contributed by atoms with Gasteiger partial charge in [-0.15, -0.1) is 0 Å². The van der Waals surface area contributed by atoms with E-state index in [0.717, 1.165) is 24.8 Å². The van der Waals surface area contributed by atoms with Gasteiger partial charge >= 0.3 is 0 Å². The average molecular weight is 296 g/mol. The Hall–Kier alpha value is -0.120. The third-order valence-corrected chi connectivity index (χ3v) is 5.88. The van der Waals surface area contributed by atoms with Gasteiger partial charge in [-0.05, 0) is 51.5 Å². The SMILES string of the molecule is CC(C)NC1(CO)CCCC(N(C)C2CCCCC2C)C1. The summed E-state index contributed by atoms with van der Waals surface area (Å²) in [6, 6.07) is 1.81. The number of hydrogen-bond donors (Lipinski definition) is 2. The van der Waals surface area contributed by atoms with Gasteiger partial charge in [-0.25, -0.2) is 0 Å². The van der Waals surface area contributed by atoms with Gasteiger partial charge in [0.25, 0.3) is 0 Å². The molecule has 0 heterocycles. The van der Waals surface area contributed by atoms with Crippen LogP contribution in [0.1, 0.15) is 72.1 Å². The smallest absolute Gasteiger partial charge is 0.0613 e. The van der Waals surface area contributed by atoms with Crippen LogP contribution < -0.4 is 5.32 Å². The lowest BCUT2D eigenvalue weighted by Gasteiger charge is -2.48. The monoisotopic (exact) mass is 296 g/mol. The molecule has 2 N–H and O–H groups in total. The molecule has 2 aliphatic rings. The first-order valence-corrected chi connectivity index (χ1v) is 9.08. The first-order valence-electron chi connectivity index (χ1n) is 9.08. The summed E-state index contributed by atoms with van der Waals surface area (Å²) in [7, 11) is 2.33. The van der Waals surface area contributed by atoms with Gasteiger partial charge in [0.2, 0.25) is 0 Å². The highest BCUT2D eigenvalue weighted by Gasteiger charge is 2.39. The van der Waals surface area contributed by atoms with Crippen LogP contribution in [0, 0.1) is 5.92 Å². The fourth-order valence-electron chi connectivity index (χ4n) is 4.78. The van der Waals surface area contributed by atoms with Gasteiger partial charge in [0.1, 0.15) is 0 Å². The van der Waals surface area contributed by atoms with Gasteiger partial charge in [0.05, 0.1) is 6.61 Å². The minimum absolute atomic E-state index is 0.0523. The van der Waals surface area contributed by atoms with Crippen LogP contribution in [0.3, 0.4) is 0 Å². The minimum Gasteiger partial charge on any atom is -0.394 e. The lowest BCUT2D eigenvalue weighted by atomic mass is 9.76. The number of nitrogens with one attached hydrogen (secondary N) is 1. The highest BCUT2D eigenvalue weighted by Crippen LogP contribution is 2.35. The van der Waals surface area contributed by atoms with Crippen LogP contribution in [0.15, 0.2) is 0 Å². The molecule has 0 aromatic carbocycles. The van der Waals surface area contributed by atoms with Crippen LogP contribution >= 0.6 is 0 Å². The molecular weight excluding hydrogens is 260 g/mol. The summed E-state index contributed by atoms with van der Waals surface area (Å²) in [5.74, 6) is 0.826. The van der Waals surface area contributed by atoms with E-state index in [1.807, 2.05) is 0 Å². The topological polar surface area (TPSA) is 35.5 Å². The van der Waals surface area contributed by atoms with Crippen LogP contribution in [-0.2, 0) is 0 Å². The number of nitrogens with zero attached hydrogens (tertiary/aromatic N) is 1. The Morgan fingerprint density at radius 1 is 1.19 bits per heavy atom. The molecule has 124 valence electrons. The number of rotatable bonds is 5. The van der Waals surface area contributed by atoms with E-state index in [-0.39, 0.29) is 12.1 Å². The molecule has 0 bridgehead atoms. The van der Waals surface area contributed by atoms with E-state index < -0.39 is 0 Å². The van der Waals surface area contributed by atoms with Crippen molar-refractivity contribution in [2.24, 2.45) is 5.92 Å². The van der Waals surface area contributed by atoms with Crippen molar-refractivity contribution >= 4 is 0 Å². The summed E-state index contributed by atoms with van der Waals surface area (Å²) in [5, 5.41) is 13.6. The maximum absolute atomic E-state index is 9.97. The zero-order valence-electron chi connectivity index (χ0n) is 14.6. The zero-order chi connectivity index (χ0) is 15.5. The Bertz CT molecular complexity index is 320. The Morgan fingerprint density at radius 3 is 2.52 bits per heavy atom. The summed E-state index contributed by atoms with van der Waals surface area (Å²) in [6.07, 6.45) is 10.3. The number of aliphatic hydroxyl groups is 1. The molecule has 3 heteroatoms. The van der Waals surface area contributed by atoms with Crippen molar-refractivity contribution in [3.63, 3.8) is 0 Å². The van der Waals surface area contributed by atoms with E-state index in [1.54, 1.807) is 0 Å². The van der Waals surface area contributed by atoms with Crippen molar-refractivity contribution in [1.82, 2.24) is 10.2 Å². The quantitative estimate of drug-likeness (QED) is 0.818. The normalized spacial score (nSPS) is 38.1. The largest absolute Gasteiger partial charge is 0.394 e. The zero-order valence-corrected chi connectivity index (χ0v) is 14.6. The standard InChI is InChI=1S/C18H36N2O/c1-14(2)19-18(13-21)11-7-9-16(12-18)20(4)17-10-6-5-8-15(17)3/h14-17,19,21H,5-13H2,1-4H3. The Labute approximate surface area is 131 Å². The third-order valence-electron chi connectivity index (χ3n) is 5.88. The molecule has 0 spiro atoms. The summed E-state index contributed by atoms with van der Waals surface area (Å²) >= 11 is 0. The lowest BCUT2D eigenvalue weighted by molar-refractivity contribution is 0.0262. The van der Waals surface area contributed by atoms with Crippen molar-refractivity contribution in [2.45, 2.75) is 95.8 Å². The second-order valence-corrected chi connectivity index (χ2v) is 7.98. The molecule has 2 rings (SSSR count). The second-order valence-electron chi connectivity index (χ2n) is 7.98. The minimum atomic E-state index is -0.0523. The maximum atomic E-state index is 9.97. The van der Waals surface area contributed by atoms with Crippen LogP contribution in [0.5, 0.6) is 0 Å². The van der Waals surface area contributed by atoms with Crippen LogP contribution in [0.2, 0.25) is 0 Å². The lowest BCUT2D eigenvalue weighted by Crippen LogP contribution is -2.58.